The maximum Gasteiger partial charge on any atom is 0.261 e. The van der Waals surface area contributed by atoms with E-state index in [0.717, 1.165) is 9.37 Å². The molecule has 1 aliphatic rings. The van der Waals surface area contributed by atoms with Crippen molar-refractivity contribution in [1.29, 1.82) is 0 Å². The largest absolute Gasteiger partial charge is 0.326 e. The Kier molecular flexibility index (Phi) is 4.25. The minimum absolute atomic E-state index is 0.0571. The molecule has 0 radical (unpaired) electrons. The molecular formula is C17H13BrN2O3. The van der Waals surface area contributed by atoms with E-state index >= 15 is 0 Å². The molecule has 5 nitrogen and oxygen atoms in total. The van der Waals surface area contributed by atoms with E-state index in [9.17, 15) is 14.4 Å². The lowest BCUT2D eigenvalue weighted by molar-refractivity contribution is -0.116. The van der Waals surface area contributed by atoms with Crippen molar-refractivity contribution in [2.75, 3.05) is 11.9 Å². The number of amides is 3. The van der Waals surface area contributed by atoms with Crippen LogP contribution in [0.3, 0.4) is 0 Å². The Morgan fingerprint density at radius 2 is 1.52 bits per heavy atom. The molecule has 2 aromatic rings. The van der Waals surface area contributed by atoms with Crippen molar-refractivity contribution >= 4 is 39.3 Å². The Labute approximate surface area is 141 Å². The second-order valence-corrected chi connectivity index (χ2v) is 6.03. The van der Waals surface area contributed by atoms with E-state index in [0.29, 0.717) is 16.8 Å². The van der Waals surface area contributed by atoms with Crippen molar-refractivity contribution in [3.05, 3.63) is 64.1 Å². The van der Waals surface area contributed by atoms with Gasteiger partial charge in [0.05, 0.1) is 11.1 Å². The van der Waals surface area contributed by atoms with E-state index in [2.05, 4.69) is 21.2 Å². The maximum absolute atomic E-state index is 12.2. The number of benzene rings is 2. The lowest BCUT2D eigenvalue weighted by atomic mass is 10.1. The van der Waals surface area contributed by atoms with Crippen LogP contribution in [0.2, 0.25) is 0 Å². The highest BCUT2D eigenvalue weighted by atomic mass is 79.9. The van der Waals surface area contributed by atoms with Crippen LogP contribution in [0.4, 0.5) is 5.69 Å². The first-order chi connectivity index (χ1) is 11.1. The van der Waals surface area contributed by atoms with Crippen molar-refractivity contribution in [2.24, 2.45) is 0 Å². The van der Waals surface area contributed by atoms with E-state index in [4.69, 9.17) is 0 Å². The Bertz CT molecular complexity index is 752. The van der Waals surface area contributed by atoms with E-state index in [1.165, 1.54) is 0 Å². The zero-order valence-electron chi connectivity index (χ0n) is 12.1. The van der Waals surface area contributed by atoms with Crippen molar-refractivity contribution < 1.29 is 14.4 Å². The van der Waals surface area contributed by atoms with Gasteiger partial charge in [0.2, 0.25) is 5.91 Å². The molecule has 0 fully saturated rings. The minimum Gasteiger partial charge on any atom is -0.326 e. The first kappa shape index (κ1) is 15.4. The lowest BCUT2D eigenvalue weighted by Crippen LogP contribution is -2.32. The Hall–Kier alpha value is -2.47. The molecule has 2 aromatic carbocycles. The second kappa shape index (κ2) is 6.34. The van der Waals surface area contributed by atoms with Gasteiger partial charge < -0.3 is 5.32 Å². The summed E-state index contributed by atoms with van der Waals surface area (Å²) in [5.74, 6) is -0.937. The van der Waals surface area contributed by atoms with Gasteiger partial charge in [0.1, 0.15) is 0 Å². The van der Waals surface area contributed by atoms with Crippen LogP contribution in [0.15, 0.2) is 53.0 Å². The van der Waals surface area contributed by atoms with Crippen LogP contribution in [-0.2, 0) is 4.79 Å². The van der Waals surface area contributed by atoms with E-state index in [1.807, 2.05) is 12.1 Å². The predicted molar refractivity (Wildman–Crippen MR) is 89.2 cm³/mol. The van der Waals surface area contributed by atoms with Gasteiger partial charge in [-0.15, -0.1) is 0 Å². The van der Waals surface area contributed by atoms with Crippen molar-refractivity contribution in [3.63, 3.8) is 0 Å². The number of carbonyl (C=O) groups excluding carboxylic acids is 3. The number of carbonyl (C=O) groups is 3. The number of nitrogens with zero attached hydrogens (tertiary/aromatic N) is 1. The van der Waals surface area contributed by atoms with Crippen LogP contribution in [0.25, 0.3) is 0 Å². The van der Waals surface area contributed by atoms with Crippen LogP contribution < -0.4 is 5.32 Å². The van der Waals surface area contributed by atoms with Crippen molar-refractivity contribution in [3.8, 4) is 0 Å². The Balaban J connectivity index is 1.61. The molecule has 0 atom stereocenters. The van der Waals surface area contributed by atoms with Gasteiger partial charge in [0, 0.05) is 23.1 Å². The van der Waals surface area contributed by atoms with Gasteiger partial charge in [0.25, 0.3) is 11.8 Å². The Morgan fingerprint density at radius 1 is 0.957 bits per heavy atom. The highest BCUT2D eigenvalue weighted by Crippen LogP contribution is 2.22. The summed E-state index contributed by atoms with van der Waals surface area (Å²) in [6.45, 7) is 0.0642. The molecule has 116 valence electrons. The van der Waals surface area contributed by atoms with Gasteiger partial charge >= 0.3 is 0 Å². The normalized spacial score (nSPS) is 13.2. The molecule has 0 unspecified atom stereocenters. The van der Waals surface area contributed by atoms with Gasteiger partial charge in [-0.2, -0.15) is 0 Å². The number of fused-ring (bicyclic) bond motifs is 1. The van der Waals surface area contributed by atoms with Crippen LogP contribution >= 0.6 is 15.9 Å². The summed E-state index contributed by atoms with van der Waals surface area (Å²) in [4.78, 5) is 37.5. The molecule has 0 aromatic heterocycles. The van der Waals surface area contributed by atoms with Gasteiger partial charge in [-0.3, -0.25) is 19.3 Å². The quantitative estimate of drug-likeness (QED) is 0.838. The fraction of sp³-hybridized carbons (Fsp3) is 0.118. The lowest BCUT2D eigenvalue weighted by Gasteiger charge is -2.13. The first-order valence-electron chi connectivity index (χ1n) is 7.07. The first-order valence-corrected chi connectivity index (χ1v) is 7.86. The molecule has 23 heavy (non-hydrogen) atoms. The van der Waals surface area contributed by atoms with Gasteiger partial charge in [-0.1, -0.05) is 28.1 Å². The number of nitrogens with one attached hydrogen (secondary N) is 1. The van der Waals surface area contributed by atoms with Gasteiger partial charge in [-0.25, -0.2) is 0 Å². The third-order valence-electron chi connectivity index (χ3n) is 3.57. The molecule has 0 saturated heterocycles. The molecule has 0 aliphatic carbocycles. The molecule has 6 heteroatoms. The van der Waals surface area contributed by atoms with Crippen LogP contribution in [0, 0.1) is 0 Å². The van der Waals surface area contributed by atoms with E-state index < -0.39 is 0 Å². The predicted octanol–water partition coefficient (Wildman–Crippen LogP) is 3.07. The molecule has 1 heterocycles. The monoisotopic (exact) mass is 372 g/mol. The molecule has 1 N–H and O–H groups in total. The smallest absolute Gasteiger partial charge is 0.261 e. The number of imide groups is 1. The molecule has 3 amide bonds. The molecule has 0 bridgehead atoms. The summed E-state index contributed by atoms with van der Waals surface area (Å²) in [5.41, 5.74) is 1.46. The van der Waals surface area contributed by atoms with Crippen LogP contribution in [0.5, 0.6) is 0 Å². The minimum atomic E-state index is -0.345. The standard InChI is InChI=1S/C17H13BrN2O3/c18-11-5-7-12(8-6-11)19-15(21)9-10-20-16(22)13-3-1-2-4-14(13)17(20)23/h1-8H,9-10H2,(H,19,21). The van der Waals surface area contributed by atoms with Gasteiger partial charge in [0.15, 0.2) is 0 Å². The van der Waals surface area contributed by atoms with Crippen LogP contribution in [-0.4, -0.2) is 29.2 Å². The highest BCUT2D eigenvalue weighted by molar-refractivity contribution is 9.10. The fourth-order valence-electron chi connectivity index (χ4n) is 2.41. The topological polar surface area (TPSA) is 66.5 Å². The summed E-state index contributed by atoms with van der Waals surface area (Å²) >= 11 is 3.32. The highest BCUT2D eigenvalue weighted by Gasteiger charge is 2.34. The van der Waals surface area contributed by atoms with Crippen molar-refractivity contribution in [1.82, 2.24) is 4.90 Å². The zero-order valence-corrected chi connectivity index (χ0v) is 13.7. The summed E-state index contributed by atoms with van der Waals surface area (Å²) in [5, 5.41) is 2.73. The summed E-state index contributed by atoms with van der Waals surface area (Å²) in [6.07, 6.45) is 0.0571. The van der Waals surface area contributed by atoms with E-state index in [1.54, 1.807) is 36.4 Å². The number of rotatable bonds is 4. The number of anilines is 1. The van der Waals surface area contributed by atoms with Crippen molar-refractivity contribution in [2.45, 2.75) is 6.42 Å². The summed E-state index contributed by atoms with van der Waals surface area (Å²) in [7, 11) is 0. The zero-order chi connectivity index (χ0) is 16.4. The van der Waals surface area contributed by atoms with E-state index in [-0.39, 0.29) is 30.7 Å². The molecule has 0 saturated carbocycles. The average molecular weight is 373 g/mol. The average Bonchev–Trinajstić information content (AvgIpc) is 2.80. The molecule has 3 rings (SSSR count). The Morgan fingerprint density at radius 3 is 2.09 bits per heavy atom. The maximum atomic E-state index is 12.2. The number of hydrogen-bond donors (Lipinski definition) is 1. The molecular weight excluding hydrogens is 360 g/mol. The van der Waals surface area contributed by atoms with Crippen LogP contribution in [0.1, 0.15) is 27.1 Å². The number of halogens is 1. The fourth-order valence-corrected chi connectivity index (χ4v) is 2.68. The summed E-state index contributed by atoms with van der Waals surface area (Å²) < 4.78 is 0.918. The molecule has 0 spiro atoms. The summed E-state index contributed by atoms with van der Waals surface area (Å²) in [6, 6.07) is 13.9. The second-order valence-electron chi connectivity index (χ2n) is 5.11. The van der Waals surface area contributed by atoms with Gasteiger partial charge in [-0.05, 0) is 36.4 Å². The SMILES string of the molecule is O=C(CCN1C(=O)c2ccccc2C1=O)Nc1ccc(Br)cc1. The molecule has 1 aliphatic heterocycles. The third-order valence-corrected chi connectivity index (χ3v) is 4.10. The number of hydrogen-bond acceptors (Lipinski definition) is 3. The third kappa shape index (κ3) is 3.17.